The van der Waals surface area contributed by atoms with Gasteiger partial charge in [-0.3, -0.25) is 9.78 Å². The van der Waals surface area contributed by atoms with Gasteiger partial charge in [-0.2, -0.15) is 13.2 Å². The largest absolute Gasteiger partial charge is 0.416 e. The number of benzene rings is 1. The van der Waals surface area contributed by atoms with Crippen molar-refractivity contribution in [2.75, 3.05) is 5.32 Å². The fourth-order valence-corrected chi connectivity index (χ4v) is 1.87. The molecule has 7 heteroatoms. The molecule has 0 spiro atoms. The predicted octanol–water partition coefficient (Wildman–Crippen LogP) is 2.77. The molecule has 2 rings (SSSR count). The van der Waals surface area contributed by atoms with E-state index in [-0.39, 0.29) is 13.0 Å². The van der Waals surface area contributed by atoms with Crippen LogP contribution < -0.4 is 5.32 Å². The molecule has 0 fully saturated rings. The van der Waals surface area contributed by atoms with Gasteiger partial charge in [0, 0.05) is 11.8 Å². The van der Waals surface area contributed by atoms with E-state index in [9.17, 15) is 18.0 Å². The molecule has 4 nitrogen and oxygen atoms in total. The Morgan fingerprint density at radius 3 is 2.45 bits per heavy atom. The number of nitrogens with zero attached hydrogens (tertiary/aromatic N) is 1. The number of aromatic nitrogens is 1. The summed E-state index contributed by atoms with van der Waals surface area (Å²) in [6.07, 6.45) is -1.59. The van der Waals surface area contributed by atoms with Crippen LogP contribution in [0, 0.1) is 0 Å². The molecule has 0 aliphatic rings. The first-order valence-electron chi connectivity index (χ1n) is 6.40. The molecule has 2 N–H and O–H groups in total. The maximum Gasteiger partial charge on any atom is 0.416 e. The van der Waals surface area contributed by atoms with Gasteiger partial charge in [0.05, 0.1) is 30.5 Å². The lowest BCUT2D eigenvalue weighted by molar-refractivity contribution is -0.137. The summed E-state index contributed by atoms with van der Waals surface area (Å²) in [7, 11) is 0. The minimum atomic E-state index is -4.40. The first-order valence-corrected chi connectivity index (χ1v) is 6.40. The third-order valence-corrected chi connectivity index (χ3v) is 3.00. The molecular formula is C15H13F3N2O2. The van der Waals surface area contributed by atoms with Crippen molar-refractivity contribution in [1.82, 2.24) is 4.98 Å². The second-order valence-electron chi connectivity index (χ2n) is 4.61. The van der Waals surface area contributed by atoms with E-state index < -0.39 is 17.6 Å². The van der Waals surface area contributed by atoms with Crippen LogP contribution in [0.1, 0.15) is 16.7 Å². The van der Waals surface area contributed by atoms with E-state index in [0.717, 1.165) is 12.1 Å². The lowest BCUT2D eigenvalue weighted by Crippen LogP contribution is -2.16. The Morgan fingerprint density at radius 1 is 1.18 bits per heavy atom. The molecule has 1 heterocycles. The maximum atomic E-state index is 12.4. The molecule has 0 radical (unpaired) electrons. The third-order valence-electron chi connectivity index (χ3n) is 3.00. The van der Waals surface area contributed by atoms with Gasteiger partial charge < -0.3 is 10.4 Å². The van der Waals surface area contributed by atoms with Crippen LogP contribution >= 0.6 is 0 Å². The highest BCUT2D eigenvalue weighted by Gasteiger charge is 2.29. The third kappa shape index (κ3) is 4.05. The van der Waals surface area contributed by atoms with Gasteiger partial charge in [-0.1, -0.05) is 12.1 Å². The highest BCUT2D eigenvalue weighted by Crippen LogP contribution is 2.29. The molecule has 116 valence electrons. The van der Waals surface area contributed by atoms with E-state index >= 15 is 0 Å². The van der Waals surface area contributed by atoms with E-state index in [4.69, 9.17) is 5.11 Å². The SMILES string of the molecule is O=C(Cc1ccc(C(F)(F)F)cc1)Nc1cnccc1CO. The molecule has 2 aromatic rings. The summed E-state index contributed by atoms with van der Waals surface area (Å²) >= 11 is 0. The average molecular weight is 310 g/mol. The number of carbonyl (C=O) groups excluding carboxylic acids is 1. The zero-order chi connectivity index (χ0) is 16.2. The summed E-state index contributed by atoms with van der Waals surface area (Å²) in [6.45, 7) is -0.252. The average Bonchev–Trinajstić information content (AvgIpc) is 2.47. The molecular weight excluding hydrogens is 297 g/mol. The number of anilines is 1. The van der Waals surface area contributed by atoms with Crippen molar-refractivity contribution in [3.8, 4) is 0 Å². The normalized spacial score (nSPS) is 11.3. The van der Waals surface area contributed by atoms with Crippen LogP contribution in [-0.2, 0) is 24.0 Å². The second kappa shape index (κ2) is 6.57. The van der Waals surface area contributed by atoms with Crippen molar-refractivity contribution >= 4 is 11.6 Å². The van der Waals surface area contributed by atoms with Crippen LogP contribution in [0.5, 0.6) is 0 Å². The van der Waals surface area contributed by atoms with Crippen molar-refractivity contribution in [3.63, 3.8) is 0 Å². The van der Waals surface area contributed by atoms with Crippen LogP contribution in [-0.4, -0.2) is 16.0 Å². The number of alkyl halides is 3. The van der Waals surface area contributed by atoms with Gasteiger partial charge in [-0.25, -0.2) is 0 Å². The zero-order valence-corrected chi connectivity index (χ0v) is 11.4. The quantitative estimate of drug-likeness (QED) is 0.913. The molecule has 22 heavy (non-hydrogen) atoms. The number of rotatable bonds is 4. The molecule has 0 aliphatic carbocycles. The highest BCUT2D eigenvalue weighted by atomic mass is 19.4. The van der Waals surface area contributed by atoms with Crippen molar-refractivity contribution < 1.29 is 23.1 Å². The molecule has 0 unspecified atom stereocenters. The standard InChI is InChI=1S/C15H13F3N2O2/c16-15(17,18)12-3-1-10(2-4-12)7-14(22)20-13-8-19-6-5-11(13)9-21/h1-6,8,21H,7,9H2,(H,20,22). The highest BCUT2D eigenvalue weighted by molar-refractivity contribution is 5.92. The molecule has 0 bridgehead atoms. The Hall–Kier alpha value is -2.41. The van der Waals surface area contributed by atoms with E-state index in [1.165, 1.54) is 24.5 Å². The topological polar surface area (TPSA) is 62.2 Å². The molecule has 0 saturated heterocycles. The molecule has 0 aliphatic heterocycles. The summed E-state index contributed by atoms with van der Waals surface area (Å²) in [4.78, 5) is 15.7. The second-order valence-corrected chi connectivity index (χ2v) is 4.61. The monoisotopic (exact) mass is 310 g/mol. The summed E-state index contributed by atoms with van der Waals surface area (Å²) < 4.78 is 37.3. The number of aliphatic hydroxyl groups excluding tert-OH is 1. The van der Waals surface area contributed by atoms with Gasteiger partial charge in [0.25, 0.3) is 0 Å². The molecule has 1 aromatic heterocycles. The summed E-state index contributed by atoms with van der Waals surface area (Å²) in [5.41, 5.74) is 0.587. The summed E-state index contributed by atoms with van der Waals surface area (Å²) in [6, 6.07) is 5.96. The zero-order valence-electron chi connectivity index (χ0n) is 11.4. The summed E-state index contributed by atoms with van der Waals surface area (Å²) in [5, 5.41) is 11.7. The number of nitrogens with one attached hydrogen (secondary N) is 1. The van der Waals surface area contributed by atoms with Crippen molar-refractivity contribution in [2.45, 2.75) is 19.2 Å². The van der Waals surface area contributed by atoms with Crippen LogP contribution in [0.15, 0.2) is 42.7 Å². The summed E-state index contributed by atoms with van der Waals surface area (Å²) in [5.74, 6) is -0.401. The minimum absolute atomic E-state index is 0.0715. The lowest BCUT2D eigenvalue weighted by Gasteiger charge is -2.10. The Balaban J connectivity index is 2.03. The lowest BCUT2D eigenvalue weighted by atomic mass is 10.1. The number of amides is 1. The van der Waals surface area contributed by atoms with Gasteiger partial charge in [-0.05, 0) is 23.8 Å². The molecule has 0 atom stereocenters. The Morgan fingerprint density at radius 2 is 1.86 bits per heavy atom. The van der Waals surface area contributed by atoms with Crippen LogP contribution in [0.3, 0.4) is 0 Å². The van der Waals surface area contributed by atoms with E-state index in [1.807, 2.05) is 0 Å². The van der Waals surface area contributed by atoms with Gasteiger partial charge in [-0.15, -0.1) is 0 Å². The minimum Gasteiger partial charge on any atom is -0.392 e. The first-order chi connectivity index (χ1) is 10.4. The van der Waals surface area contributed by atoms with Gasteiger partial charge in [0.15, 0.2) is 0 Å². The number of aliphatic hydroxyl groups is 1. The van der Waals surface area contributed by atoms with Gasteiger partial charge >= 0.3 is 6.18 Å². The number of hydrogen-bond donors (Lipinski definition) is 2. The molecule has 1 amide bonds. The molecule has 0 saturated carbocycles. The maximum absolute atomic E-state index is 12.4. The number of pyridine rings is 1. The first kappa shape index (κ1) is 16.0. The number of carbonyl (C=O) groups is 1. The van der Waals surface area contributed by atoms with E-state index in [1.54, 1.807) is 6.07 Å². The van der Waals surface area contributed by atoms with Crippen LogP contribution in [0.4, 0.5) is 18.9 Å². The van der Waals surface area contributed by atoms with Crippen molar-refractivity contribution in [2.24, 2.45) is 0 Å². The fraction of sp³-hybridized carbons (Fsp3) is 0.200. The number of halogens is 3. The van der Waals surface area contributed by atoms with Gasteiger partial charge in [0.2, 0.25) is 5.91 Å². The van der Waals surface area contributed by atoms with Crippen LogP contribution in [0.25, 0.3) is 0 Å². The number of hydrogen-bond acceptors (Lipinski definition) is 3. The Bertz CT molecular complexity index is 655. The van der Waals surface area contributed by atoms with Crippen LogP contribution in [0.2, 0.25) is 0 Å². The van der Waals surface area contributed by atoms with Gasteiger partial charge in [0.1, 0.15) is 0 Å². The predicted molar refractivity (Wildman–Crippen MR) is 73.9 cm³/mol. The Labute approximate surface area is 124 Å². The van der Waals surface area contributed by atoms with Crippen molar-refractivity contribution in [3.05, 3.63) is 59.4 Å². The van der Waals surface area contributed by atoms with E-state index in [0.29, 0.717) is 16.8 Å². The van der Waals surface area contributed by atoms with E-state index in [2.05, 4.69) is 10.3 Å². The smallest absolute Gasteiger partial charge is 0.392 e. The van der Waals surface area contributed by atoms with Crippen molar-refractivity contribution in [1.29, 1.82) is 0 Å². The molecule has 1 aromatic carbocycles. The fourth-order valence-electron chi connectivity index (χ4n) is 1.87. The Kier molecular flexibility index (Phi) is 4.77.